The molecule has 0 aliphatic carbocycles. The van der Waals surface area contributed by atoms with Crippen LogP contribution in [0.2, 0.25) is 0 Å². The topological polar surface area (TPSA) is 76.0 Å². The van der Waals surface area contributed by atoms with Gasteiger partial charge in [0, 0.05) is 30.8 Å². The van der Waals surface area contributed by atoms with Crippen LogP contribution in [-0.2, 0) is 11.8 Å². The molecule has 2 N–H and O–H groups in total. The van der Waals surface area contributed by atoms with Crippen LogP contribution in [0.5, 0.6) is 0 Å². The molecule has 0 aliphatic heterocycles. The number of aromatic nitrogens is 2. The summed E-state index contributed by atoms with van der Waals surface area (Å²) in [5.74, 6) is 5.55. The summed E-state index contributed by atoms with van der Waals surface area (Å²) in [6.07, 6.45) is 0. The molecule has 0 fully saturated rings. The quantitative estimate of drug-likeness (QED) is 0.692. The van der Waals surface area contributed by atoms with Crippen molar-refractivity contribution in [2.75, 3.05) is 11.9 Å². The lowest BCUT2D eigenvalue weighted by Gasteiger charge is -2.01. The van der Waals surface area contributed by atoms with Crippen LogP contribution in [0, 0.1) is 11.8 Å². The Balaban J connectivity index is 1.59. The molecule has 0 saturated heterocycles. The van der Waals surface area contributed by atoms with Gasteiger partial charge in [-0.2, -0.15) is 5.10 Å². The van der Waals surface area contributed by atoms with Crippen molar-refractivity contribution < 1.29 is 9.59 Å². The summed E-state index contributed by atoms with van der Waals surface area (Å²) in [4.78, 5) is 23.4. The van der Waals surface area contributed by atoms with Crippen LogP contribution in [0.25, 0.3) is 11.3 Å². The number of amides is 2. The molecule has 3 aromatic rings. The van der Waals surface area contributed by atoms with Crippen LogP contribution in [0.4, 0.5) is 5.69 Å². The second kappa shape index (κ2) is 8.69. The van der Waals surface area contributed by atoms with E-state index >= 15 is 0 Å². The summed E-state index contributed by atoms with van der Waals surface area (Å²) in [7, 11) is 1.74. The molecule has 140 valence electrons. The maximum absolute atomic E-state index is 12.4. The highest BCUT2D eigenvalue weighted by Gasteiger charge is 2.13. The van der Waals surface area contributed by atoms with E-state index in [2.05, 4.69) is 27.6 Å². The van der Waals surface area contributed by atoms with Crippen molar-refractivity contribution in [1.82, 2.24) is 15.1 Å². The highest BCUT2D eigenvalue weighted by atomic mass is 16.2. The lowest BCUT2D eigenvalue weighted by Crippen LogP contribution is -2.25. The number of rotatable bonds is 4. The maximum Gasteiger partial charge on any atom is 0.270 e. The lowest BCUT2D eigenvalue weighted by atomic mass is 10.1. The van der Waals surface area contributed by atoms with E-state index in [0.717, 1.165) is 22.5 Å². The van der Waals surface area contributed by atoms with Crippen molar-refractivity contribution in [2.45, 2.75) is 6.92 Å². The molecule has 0 unspecified atom stereocenters. The van der Waals surface area contributed by atoms with E-state index in [0.29, 0.717) is 5.69 Å². The highest BCUT2D eigenvalue weighted by molar-refractivity contribution is 5.93. The van der Waals surface area contributed by atoms with Crippen LogP contribution in [-0.4, -0.2) is 28.1 Å². The molecular weight excluding hydrogens is 352 g/mol. The van der Waals surface area contributed by atoms with Gasteiger partial charge in [0.1, 0.15) is 5.69 Å². The Morgan fingerprint density at radius 3 is 2.46 bits per heavy atom. The van der Waals surface area contributed by atoms with Gasteiger partial charge in [-0.1, -0.05) is 42.2 Å². The van der Waals surface area contributed by atoms with E-state index in [1.165, 1.54) is 6.92 Å². The average molecular weight is 372 g/mol. The smallest absolute Gasteiger partial charge is 0.270 e. The molecule has 2 aromatic carbocycles. The first kappa shape index (κ1) is 18.9. The van der Waals surface area contributed by atoms with Crippen molar-refractivity contribution in [2.24, 2.45) is 7.05 Å². The Hall–Kier alpha value is -3.85. The van der Waals surface area contributed by atoms with Crippen molar-refractivity contribution in [3.8, 4) is 23.1 Å². The fourth-order valence-corrected chi connectivity index (χ4v) is 2.63. The molecule has 0 bridgehead atoms. The first-order valence-electron chi connectivity index (χ1n) is 8.77. The highest BCUT2D eigenvalue weighted by Crippen LogP contribution is 2.18. The molecule has 28 heavy (non-hydrogen) atoms. The van der Waals surface area contributed by atoms with E-state index in [-0.39, 0.29) is 18.4 Å². The molecule has 0 radical (unpaired) electrons. The molecule has 0 saturated carbocycles. The van der Waals surface area contributed by atoms with E-state index in [4.69, 9.17) is 0 Å². The Labute approximate surface area is 163 Å². The number of hydrogen-bond donors (Lipinski definition) is 2. The molecule has 0 atom stereocenters. The number of benzene rings is 2. The average Bonchev–Trinajstić information content (AvgIpc) is 3.08. The molecule has 1 heterocycles. The number of carbonyl (C=O) groups is 2. The van der Waals surface area contributed by atoms with Gasteiger partial charge in [0.05, 0.1) is 12.2 Å². The van der Waals surface area contributed by atoms with Crippen LogP contribution in [0.15, 0.2) is 60.7 Å². The van der Waals surface area contributed by atoms with Crippen LogP contribution < -0.4 is 10.6 Å². The Kier molecular flexibility index (Phi) is 5.87. The molecule has 2 amide bonds. The summed E-state index contributed by atoms with van der Waals surface area (Å²) >= 11 is 0. The minimum atomic E-state index is -0.229. The summed E-state index contributed by atoms with van der Waals surface area (Å²) in [5.41, 5.74) is 3.70. The van der Waals surface area contributed by atoms with Crippen molar-refractivity contribution in [3.05, 3.63) is 71.9 Å². The van der Waals surface area contributed by atoms with Crippen molar-refractivity contribution >= 4 is 17.5 Å². The van der Waals surface area contributed by atoms with Gasteiger partial charge in [-0.25, -0.2) is 0 Å². The number of nitrogens with one attached hydrogen (secondary N) is 2. The normalized spacial score (nSPS) is 9.93. The molecular formula is C22H20N4O2. The monoisotopic (exact) mass is 372 g/mol. The Morgan fingerprint density at radius 2 is 1.79 bits per heavy atom. The number of carbonyl (C=O) groups excluding carboxylic acids is 2. The van der Waals surface area contributed by atoms with Gasteiger partial charge in [0.25, 0.3) is 5.91 Å². The molecule has 0 spiro atoms. The molecule has 6 heteroatoms. The minimum absolute atomic E-state index is 0.118. The summed E-state index contributed by atoms with van der Waals surface area (Å²) in [6.45, 7) is 1.68. The molecule has 0 aliphatic rings. The van der Waals surface area contributed by atoms with E-state index < -0.39 is 0 Å². The fraction of sp³-hybridized carbons (Fsp3) is 0.136. The third kappa shape index (κ3) is 4.86. The van der Waals surface area contributed by atoms with Gasteiger partial charge in [0.15, 0.2) is 0 Å². The number of hydrogen-bond acceptors (Lipinski definition) is 3. The van der Waals surface area contributed by atoms with E-state index in [1.807, 2.05) is 42.5 Å². The fourth-order valence-electron chi connectivity index (χ4n) is 2.63. The van der Waals surface area contributed by atoms with Crippen molar-refractivity contribution in [3.63, 3.8) is 0 Å². The Bertz CT molecular complexity index is 1040. The van der Waals surface area contributed by atoms with Gasteiger partial charge in [-0.15, -0.1) is 0 Å². The summed E-state index contributed by atoms with van der Waals surface area (Å²) < 4.78 is 1.56. The zero-order chi connectivity index (χ0) is 19.9. The van der Waals surface area contributed by atoms with Crippen LogP contribution >= 0.6 is 0 Å². The Morgan fingerprint density at radius 1 is 1.07 bits per heavy atom. The predicted molar refractivity (Wildman–Crippen MR) is 109 cm³/mol. The third-order valence-corrected chi connectivity index (χ3v) is 3.96. The van der Waals surface area contributed by atoms with Gasteiger partial charge in [-0.3, -0.25) is 14.3 Å². The summed E-state index contributed by atoms with van der Waals surface area (Å²) in [5, 5.41) is 9.88. The second-order valence-electron chi connectivity index (χ2n) is 6.15. The standard InChI is InChI=1S/C22H20N4O2/c1-16(27)24-19-12-10-17(11-13-19)7-6-14-23-22(28)21-15-20(25-26(21)2)18-8-4-3-5-9-18/h3-5,8-13,15H,14H2,1-2H3,(H,23,28)(H,24,27). The van der Waals surface area contributed by atoms with E-state index in [9.17, 15) is 9.59 Å². The number of nitrogens with zero attached hydrogens (tertiary/aromatic N) is 2. The molecule has 1 aromatic heterocycles. The molecule has 6 nitrogen and oxygen atoms in total. The van der Waals surface area contributed by atoms with Gasteiger partial charge >= 0.3 is 0 Å². The lowest BCUT2D eigenvalue weighted by molar-refractivity contribution is -0.114. The van der Waals surface area contributed by atoms with Gasteiger partial charge in [0.2, 0.25) is 5.91 Å². The number of aryl methyl sites for hydroxylation is 1. The minimum Gasteiger partial charge on any atom is -0.340 e. The van der Waals surface area contributed by atoms with Crippen molar-refractivity contribution in [1.29, 1.82) is 0 Å². The number of anilines is 1. The maximum atomic E-state index is 12.4. The first-order valence-corrected chi connectivity index (χ1v) is 8.77. The van der Waals surface area contributed by atoms with Crippen LogP contribution in [0.3, 0.4) is 0 Å². The largest absolute Gasteiger partial charge is 0.340 e. The zero-order valence-electron chi connectivity index (χ0n) is 15.7. The van der Waals surface area contributed by atoms with Gasteiger partial charge < -0.3 is 10.6 Å². The molecule has 3 rings (SSSR count). The predicted octanol–water partition coefficient (Wildman–Crippen LogP) is 2.83. The van der Waals surface area contributed by atoms with Gasteiger partial charge in [-0.05, 0) is 30.3 Å². The SMILES string of the molecule is CC(=O)Nc1ccc(C#CCNC(=O)c2cc(-c3ccccc3)nn2C)cc1. The second-order valence-corrected chi connectivity index (χ2v) is 6.15. The first-order chi connectivity index (χ1) is 13.5. The van der Waals surface area contributed by atoms with Crippen LogP contribution in [0.1, 0.15) is 23.0 Å². The van der Waals surface area contributed by atoms with E-state index in [1.54, 1.807) is 29.9 Å². The zero-order valence-corrected chi connectivity index (χ0v) is 15.7. The summed E-state index contributed by atoms with van der Waals surface area (Å²) in [6, 6.07) is 18.7. The third-order valence-electron chi connectivity index (χ3n) is 3.96.